The van der Waals surface area contributed by atoms with Gasteiger partial charge in [-0.1, -0.05) is 11.3 Å². The van der Waals surface area contributed by atoms with E-state index in [1.54, 1.807) is 12.1 Å². The lowest BCUT2D eigenvalue weighted by Gasteiger charge is -2.07. The number of amides is 1. The number of nitrogens with zero attached hydrogens (tertiary/aromatic N) is 2. The van der Waals surface area contributed by atoms with Crippen LogP contribution < -0.4 is 10.1 Å². The van der Waals surface area contributed by atoms with Crippen LogP contribution in [0.15, 0.2) is 54.7 Å². The van der Waals surface area contributed by atoms with Crippen LogP contribution in [0, 0.1) is 18.6 Å². The molecule has 0 spiro atoms. The van der Waals surface area contributed by atoms with Gasteiger partial charge in [0.25, 0.3) is 5.91 Å². The molecule has 0 aliphatic carbocycles. The van der Waals surface area contributed by atoms with E-state index in [4.69, 9.17) is 4.74 Å². The quantitative estimate of drug-likeness (QED) is 0.475. The standard InChI is InChI=1S/C21H17F2N3O2S/c1-13-19(20(27)24-10-11-28-17-8-6-16(23)7-9-17)29-21-25-18(12-26(13)21)14-2-4-15(22)5-3-14/h2-9,12H,10-11H2,1H3,(H,24,27). The summed E-state index contributed by atoms with van der Waals surface area (Å²) in [6.45, 7) is 2.44. The van der Waals surface area contributed by atoms with E-state index in [0.717, 1.165) is 17.0 Å². The van der Waals surface area contributed by atoms with E-state index in [0.29, 0.717) is 22.1 Å². The summed E-state index contributed by atoms with van der Waals surface area (Å²) in [4.78, 5) is 18.3. The third-order valence-electron chi connectivity index (χ3n) is 4.37. The molecule has 0 radical (unpaired) electrons. The number of aryl methyl sites for hydroxylation is 1. The molecule has 1 N–H and O–H groups in total. The van der Waals surface area contributed by atoms with E-state index in [1.807, 2.05) is 17.5 Å². The lowest BCUT2D eigenvalue weighted by Crippen LogP contribution is -2.28. The highest BCUT2D eigenvalue weighted by Gasteiger charge is 2.18. The molecule has 4 rings (SSSR count). The summed E-state index contributed by atoms with van der Waals surface area (Å²) < 4.78 is 33.3. The van der Waals surface area contributed by atoms with Crippen LogP contribution in [0.2, 0.25) is 0 Å². The van der Waals surface area contributed by atoms with Gasteiger partial charge < -0.3 is 10.1 Å². The van der Waals surface area contributed by atoms with E-state index in [-0.39, 0.29) is 24.1 Å². The van der Waals surface area contributed by atoms with E-state index < -0.39 is 0 Å². The first-order valence-electron chi connectivity index (χ1n) is 8.92. The molecule has 0 saturated heterocycles. The fourth-order valence-electron chi connectivity index (χ4n) is 2.87. The number of carbonyl (C=O) groups excluding carboxylic acids is 1. The predicted molar refractivity (Wildman–Crippen MR) is 107 cm³/mol. The monoisotopic (exact) mass is 413 g/mol. The number of rotatable bonds is 6. The number of thiazole rings is 1. The van der Waals surface area contributed by atoms with Gasteiger partial charge in [0.05, 0.1) is 12.2 Å². The van der Waals surface area contributed by atoms with Gasteiger partial charge in [0, 0.05) is 17.5 Å². The van der Waals surface area contributed by atoms with Gasteiger partial charge in [-0.05, 0) is 55.5 Å². The first-order valence-corrected chi connectivity index (χ1v) is 9.74. The average Bonchev–Trinajstić information content (AvgIpc) is 3.27. The number of imidazole rings is 1. The Morgan fingerprint density at radius 3 is 2.41 bits per heavy atom. The third-order valence-corrected chi connectivity index (χ3v) is 5.53. The molecule has 5 nitrogen and oxygen atoms in total. The molecular formula is C21H17F2N3O2S. The van der Waals surface area contributed by atoms with Crippen molar-refractivity contribution in [3.63, 3.8) is 0 Å². The minimum absolute atomic E-state index is 0.205. The molecule has 0 atom stereocenters. The molecule has 0 saturated carbocycles. The molecule has 0 bridgehead atoms. The Morgan fingerprint density at radius 2 is 1.76 bits per heavy atom. The molecule has 29 heavy (non-hydrogen) atoms. The number of carbonyl (C=O) groups is 1. The van der Waals surface area contributed by atoms with Gasteiger partial charge in [0.2, 0.25) is 0 Å². The van der Waals surface area contributed by atoms with Crippen LogP contribution in [-0.4, -0.2) is 28.4 Å². The van der Waals surface area contributed by atoms with Crippen molar-refractivity contribution in [1.29, 1.82) is 0 Å². The van der Waals surface area contributed by atoms with Gasteiger partial charge in [0.1, 0.15) is 28.9 Å². The predicted octanol–water partition coefficient (Wildman–Crippen LogP) is 4.46. The SMILES string of the molecule is Cc1c(C(=O)NCCOc2ccc(F)cc2)sc2nc(-c3ccc(F)cc3)cn12. The Balaban J connectivity index is 1.40. The van der Waals surface area contributed by atoms with Gasteiger partial charge in [-0.3, -0.25) is 9.20 Å². The van der Waals surface area contributed by atoms with Crippen molar-refractivity contribution in [2.24, 2.45) is 0 Å². The first-order chi connectivity index (χ1) is 14.0. The molecule has 148 valence electrons. The highest BCUT2D eigenvalue weighted by Crippen LogP contribution is 2.27. The van der Waals surface area contributed by atoms with Crippen molar-refractivity contribution in [1.82, 2.24) is 14.7 Å². The molecular weight excluding hydrogens is 396 g/mol. The smallest absolute Gasteiger partial charge is 0.263 e. The van der Waals surface area contributed by atoms with Crippen LogP contribution in [-0.2, 0) is 0 Å². The summed E-state index contributed by atoms with van der Waals surface area (Å²) in [5.74, 6) is -0.288. The number of ether oxygens (including phenoxy) is 1. The van der Waals surface area contributed by atoms with Crippen molar-refractivity contribution in [2.75, 3.05) is 13.2 Å². The van der Waals surface area contributed by atoms with Crippen LogP contribution in [0.5, 0.6) is 5.75 Å². The maximum atomic E-state index is 13.1. The van der Waals surface area contributed by atoms with Crippen molar-refractivity contribution in [3.05, 3.63) is 76.9 Å². The van der Waals surface area contributed by atoms with Crippen LogP contribution >= 0.6 is 11.3 Å². The molecule has 0 unspecified atom stereocenters. The molecule has 1 amide bonds. The van der Waals surface area contributed by atoms with Crippen molar-refractivity contribution >= 4 is 22.2 Å². The van der Waals surface area contributed by atoms with Gasteiger partial charge in [-0.25, -0.2) is 13.8 Å². The number of hydrogen-bond donors (Lipinski definition) is 1. The topological polar surface area (TPSA) is 55.6 Å². The highest BCUT2D eigenvalue weighted by molar-refractivity contribution is 7.19. The molecule has 4 aromatic rings. The minimum Gasteiger partial charge on any atom is -0.492 e. The van der Waals surface area contributed by atoms with E-state index >= 15 is 0 Å². The molecule has 0 fully saturated rings. The Kier molecular flexibility index (Phi) is 5.26. The summed E-state index contributed by atoms with van der Waals surface area (Å²) in [5, 5.41) is 2.81. The normalized spacial score (nSPS) is 11.0. The van der Waals surface area contributed by atoms with Gasteiger partial charge >= 0.3 is 0 Å². The van der Waals surface area contributed by atoms with Crippen LogP contribution in [0.25, 0.3) is 16.2 Å². The zero-order chi connectivity index (χ0) is 20.4. The molecule has 2 aromatic carbocycles. The number of aromatic nitrogens is 2. The second kappa shape index (κ2) is 8.00. The maximum absolute atomic E-state index is 13.1. The van der Waals surface area contributed by atoms with Crippen LogP contribution in [0.4, 0.5) is 8.78 Å². The van der Waals surface area contributed by atoms with Crippen LogP contribution in [0.3, 0.4) is 0 Å². The Hall–Kier alpha value is -3.26. The summed E-state index contributed by atoms with van der Waals surface area (Å²) in [6, 6.07) is 11.8. The zero-order valence-corrected chi connectivity index (χ0v) is 16.3. The summed E-state index contributed by atoms with van der Waals surface area (Å²) in [5.41, 5.74) is 2.31. The van der Waals surface area contributed by atoms with E-state index in [9.17, 15) is 13.6 Å². The fraction of sp³-hybridized carbons (Fsp3) is 0.143. The fourth-order valence-corrected chi connectivity index (χ4v) is 3.89. The maximum Gasteiger partial charge on any atom is 0.263 e. The van der Waals surface area contributed by atoms with Gasteiger partial charge in [-0.15, -0.1) is 0 Å². The molecule has 2 heterocycles. The van der Waals surface area contributed by atoms with Crippen LogP contribution in [0.1, 0.15) is 15.4 Å². The summed E-state index contributed by atoms with van der Waals surface area (Å²) in [7, 11) is 0. The Bertz CT molecular complexity index is 1150. The van der Waals surface area contributed by atoms with E-state index in [1.165, 1.54) is 47.7 Å². The lowest BCUT2D eigenvalue weighted by molar-refractivity contribution is 0.0950. The summed E-state index contributed by atoms with van der Waals surface area (Å²) >= 11 is 1.29. The van der Waals surface area contributed by atoms with Gasteiger partial charge in [0.15, 0.2) is 4.96 Å². The number of hydrogen-bond acceptors (Lipinski definition) is 4. The average molecular weight is 413 g/mol. The second-order valence-electron chi connectivity index (χ2n) is 6.36. The number of benzene rings is 2. The largest absolute Gasteiger partial charge is 0.492 e. The second-order valence-corrected chi connectivity index (χ2v) is 7.34. The van der Waals surface area contributed by atoms with E-state index in [2.05, 4.69) is 10.3 Å². The zero-order valence-electron chi connectivity index (χ0n) is 15.5. The van der Waals surface area contributed by atoms with Crippen molar-refractivity contribution in [2.45, 2.75) is 6.92 Å². The molecule has 0 aliphatic rings. The van der Waals surface area contributed by atoms with Gasteiger partial charge in [-0.2, -0.15) is 0 Å². The molecule has 0 aliphatic heterocycles. The highest BCUT2D eigenvalue weighted by atomic mass is 32.1. The Morgan fingerprint density at radius 1 is 1.10 bits per heavy atom. The number of halogens is 2. The number of nitrogens with one attached hydrogen (secondary N) is 1. The third kappa shape index (κ3) is 4.12. The minimum atomic E-state index is -0.327. The molecule has 8 heteroatoms. The molecule has 2 aromatic heterocycles. The number of fused-ring (bicyclic) bond motifs is 1. The Labute approximate surface area is 169 Å². The van der Waals surface area contributed by atoms with Crippen molar-refractivity contribution in [3.8, 4) is 17.0 Å². The van der Waals surface area contributed by atoms with Crippen molar-refractivity contribution < 1.29 is 18.3 Å². The first kappa shape index (κ1) is 19.1. The summed E-state index contributed by atoms with van der Waals surface area (Å²) in [6.07, 6.45) is 1.84. The lowest BCUT2D eigenvalue weighted by atomic mass is 10.2.